The Hall–Kier alpha value is -2.70. The number of aryl methyl sites for hydroxylation is 1. The molecule has 0 radical (unpaired) electrons. The molecule has 2 saturated carbocycles. The molecule has 2 amide bonds. The van der Waals surface area contributed by atoms with Gasteiger partial charge in [0.25, 0.3) is 11.5 Å². The summed E-state index contributed by atoms with van der Waals surface area (Å²) in [6, 6.07) is 6.92. The zero-order valence-electron chi connectivity index (χ0n) is 16.1. The summed E-state index contributed by atoms with van der Waals surface area (Å²) < 4.78 is 1.31. The molecule has 148 valence electrons. The summed E-state index contributed by atoms with van der Waals surface area (Å²) in [5.74, 6) is 1.20. The number of aromatic nitrogens is 2. The zero-order chi connectivity index (χ0) is 19.7. The van der Waals surface area contributed by atoms with Crippen molar-refractivity contribution in [3.63, 3.8) is 0 Å². The Bertz CT molecular complexity index is 968. The van der Waals surface area contributed by atoms with E-state index < -0.39 is 5.91 Å². The van der Waals surface area contributed by atoms with Crippen LogP contribution in [0.1, 0.15) is 55.9 Å². The normalized spacial score (nSPS) is 23.1. The number of benzene rings is 1. The minimum atomic E-state index is -0.512. The van der Waals surface area contributed by atoms with Gasteiger partial charge in [-0.25, -0.2) is 4.68 Å². The van der Waals surface area contributed by atoms with Crippen molar-refractivity contribution in [3.8, 4) is 0 Å². The van der Waals surface area contributed by atoms with E-state index in [0.29, 0.717) is 35.6 Å². The Balaban J connectivity index is 1.47. The van der Waals surface area contributed by atoms with Gasteiger partial charge in [0.1, 0.15) is 0 Å². The highest BCUT2D eigenvalue weighted by Gasteiger charge is 2.40. The fraction of sp³-hybridized carbons (Fsp3) is 0.524. The summed E-state index contributed by atoms with van der Waals surface area (Å²) in [6.07, 6.45) is 6.08. The van der Waals surface area contributed by atoms with Gasteiger partial charge in [0.05, 0.1) is 5.39 Å². The van der Waals surface area contributed by atoms with Crippen molar-refractivity contribution in [1.29, 1.82) is 0 Å². The SMILES string of the molecule is CCCn1nc(C(=O)NNC(=O)C[C@@H]2C[C@@H]3CC[C@@H]2C3)c2ccccc2c1=O. The van der Waals surface area contributed by atoms with E-state index in [1.165, 1.54) is 23.9 Å². The highest BCUT2D eigenvalue weighted by Crippen LogP contribution is 2.49. The first kappa shape index (κ1) is 18.7. The van der Waals surface area contributed by atoms with Gasteiger partial charge in [0, 0.05) is 18.4 Å². The van der Waals surface area contributed by atoms with Gasteiger partial charge in [-0.3, -0.25) is 25.2 Å². The molecule has 2 aromatic rings. The van der Waals surface area contributed by atoms with E-state index in [1.807, 2.05) is 6.92 Å². The predicted octanol–water partition coefficient (Wildman–Crippen LogP) is 2.39. The number of hydrogen-bond acceptors (Lipinski definition) is 4. The van der Waals surface area contributed by atoms with Crippen molar-refractivity contribution in [1.82, 2.24) is 20.6 Å². The first-order valence-corrected chi connectivity index (χ1v) is 10.2. The zero-order valence-corrected chi connectivity index (χ0v) is 16.1. The summed E-state index contributed by atoms with van der Waals surface area (Å²) in [7, 11) is 0. The molecule has 2 bridgehead atoms. The molecule has 2 aliphatic rings. The van der Waals surface area contributed by atoms with E-state index in [9.17, 15) is 14.4 Å². The van der Waals surface area contributed by atoms with E-state index in [2.05, 4.69) is 16.0 Å². The highest BCUT2D eigenvalue weighted by molar-refractivity contribution is 6.05. The van der Waals surface area contributed by atoms with Gasteiger partial charge < -0.3 is 0 Å². The molecule has 3 atom stereocenters. The molecule has 0 spiro atoms. The second kappa shape index (κ2) is 7.73. The van der Waals surface area contributed by atoms with Crippen LogP contribution in [0.15, 0.2) is 29.1 Å². The van der Waals surface area contributed by atoms with E-state index in [1.54, 1.807) is 24.3 Å². The van der Waals surface area contributed by atoms with Gasteiger partial charge in [-0.1, -0.05) is 31.5 Å². The monoisotopic (exact) mass is 382 g/mol. The third-order valence-electron chi connectivity index (χ3n) is 6.17. The van der Waals surface area contributed by atoms with Crippen LogP contribution in [0.25, 0.3) is 10.8 Å². The molecule has 4 rings (SSSR count). The summed E-state index contributed by atoms with van der Waals surface area (Å²) in [5, 5.41) is 5.18. The molecular weight excluding hydrogens is 356 g/mol. The van der Waals surface area contributed by atoms with Gasteiger partial charge in [0.2, 0.25) is 5.91 Å². The lowest BCUT2D eigenvalue weighted by Gasteiger charge is -2.21. The maximum Gasteiger partial charge on any atom is 0.290 e. The van der Waals surface area contributed by atoms with Crippen LogP contribution in [0.5, 0.6) is 0 Å². The first-order chi connectivity index (χ1) is 13.6. The molecule has 1 heterocycles. The van der Waals surface area contributed by atoms with Gasteiger partial charge in [-0.15, -0.1) is 0 Å². The average molecular weight is 382 g/mol. The predicted molar refractivity (Wildman–Crippen MR) is 105 cm³/mol. The molecule has 2 aliphatic carbocycles. The van der Waals surface area contributed by atoms with Crippen molar-refractivity contribution in [2.24, 2.45) is 17.8 Å². The Morgan fingerprint density at radius 1 is 1.14 bits per heavy atom. The molecule has 7 heteroatoms. The van der Waals surface area contributed by atoms with Crippen LogP contribution in [0, 0.1) is 17.8 Å². The fourth-order valence-electron chi connectivity index (χ4n) is 4.87. The van der Waals surface area contributed by atoms with Crippen molar-refractivity contribution >= 4 is 22.6 Å². The van der Waals surface area contributed by atoms with Crippen LogP contribution >= 0.6 is 0 Å². The average Bonchev–Trinajstić information content (AvgIpc) is 3.31. The highest BCUT2D eigenvalue weighted by atomic mass is 16.2. The molecule has 1 aromatic heterocycles. The Morgan fingerprint density at radius 3 is 2.61 bits per heavy atom. The van der Waals surface area contributed by atoms with Crippen molar-refractivity contribution < 1.29 is 9.59 Å². The molecule has 0 saturated heterocycles. The van der Waals surface area contributed by atoms with Gasteiger partial charge in [0.15, 0.2) is 5.69 Å². The van der Waals surface area contributed by atoms with E-state index in [4.69, 9.17) is 0 Å². The second-order valence-corrected chi connectivity index (χ2v) is 8.06. The van der Waals surface area contributed by atoms with Crippen LogP contribution in [0.3, 0.4) is 0 Å². The van der Waals surface area contributed by atoms with E-state index >= 15 is 0 Å². The maximum atomic E-state index is 12.7. The standard InChI is InChI=1S/C21H26N4O3/c1-2-9-25-21(28)17-6-4-3-5-16(17)19(24-25)20(27)23-22-18(26)12-15-11-13-7-8-14(15)10-13/h3-6,13-15H,2,7-12H2,1H3,(H,22,26)(H,23,27)/t13-,14-,15+/m1/s1. The fourth-order valence-corrected chi connectivity index (χ4v) is 4.87. The lowest BCUT2D eigenvalue weighted by molar-refractivity contribution is -0.123. The summed E-state index contributed by atoms with van der Waals surface area (Å²) in [5.41, 5.74) is 4.94. The molecular formula is C21H26N4O3. The van der Waals surface area contributed by atoms with E-state index in [0.717, 1.165) is 18.8 Å². The van der Waals surface area contributed by atoms with E-state index in [-0.39, 0.29) is 17.2 Å². The number of amides is 2. The molecule has 2 N–H and O–H groups in total. The minimum Gasteiger partial charge on any atom is -0.273 e. The summed E-state index contributed by atoms with van der Waals surface area (Å²) in [6.45, 7) is 2.37. The van der Waals surface area contributed by atoms with Crippen molar-refractivity contribution in [3.05, 3.63) is 40.3 Å². The number of hydrogen-bond donors (Lipinski definition) is 2. The van der Waals surface area contributed by atoms with Crippen LogP contribution in [0.4, 0.5) is 0 Å². The molecule has 7 nitrogen and oxygen atoms in total. The lowest BCUT2D eigenvalue weighted by Crippen LogP contribution is -2.43. The van der Waals surface area contributed by atoms with Gasteiger partial charge >= 0.3 is 0 Å². The van der Waals surface area contributed by atoms with Crippen LogP contribution in [-0.2, 0) is 11.3 Å². The molecule has 28 heavy (non-hydrogen) atoms. The van der Waals surface area contributed by atoms with Crippen LogP contribution < -0.4 is 16.4 Å². The summed E-state index contributed by atoms with van der Waals surface area (Å²) in [4.78, 5) is 37.5. The third-order valence-corrected chi connectivity index (χ3v) is 6.17. The molecule has 0 unspecified atom stereocenters. The second-order valence-electron chi connectivity index (χ2n) is 8.06. The number of hydrazine groups is 1. The van der Waals surface area contributed by atoms with Crippen molar-refractivity contribution in [2.45, 2.75) is 52.0 Å². The van der Waals surface area contributed by atoms with Gasteiger partial charge in [-0.2, -0.15) is 5.10 Å². The number of carbonyl (C=O) groups is 2. The maximum absolute atomic E-state index is 12.7. The quantitative estimate of drug-likeness (QED) is 0.777. The lowest BCUT2D eigenvalue weighted by atomic mass is 9.86. The number of rotatable bonds is 5. The van der Waals surface area contributed by atoms with Gasteiger partial charge in [-0.05, 0) is 49.5 Å². The minimum absolute atomic E-state index is 0.142. The number of nitrogens with one attached hydrogen (secondary N) is 2. The Kier molecular flexibility index (Phi) is 5.15. The Labute approximate surface area is 163 Å². The number of fused-ring (bicyclic) bond motifs is 3. The van der Waals surface area contributed by atoms with Crippen molar-refractivity contribution in [2.75, 3.05) is 0 Å². The summed E-state index contributed by atoms with van der Waals surface area (Å²) >= 11 is 0. The molecule has 1 aromatic carbocycles. The number of nitrogens with zero attached hydrogens (tertiary/aromatic N) is 2. The smallest absolute Gasteiger partial charge is 0.273 e. The Morgan fingerprint density at radius 2 is 1.93 bits per heavy atom. The number of carbonyl (C=O) groups excluding carboxylic acids is 2. The topological polar surface area (TPSA) is 93.1 Å². The molecule has 2 fully saturated rings. The third kappa shape index (κ3) is 3.53. The first-order valence-electron chi connectivity index (χ1n) is 10.2. The van der Waals surface area contributed by atoms with Crippen LogP contribution in [0.2, 0.25) is 0 Å². The molecule has 0 aliphatic heterocycles. The largest absolute Gasteiger partial charge is 0.290 e. The van der Waals surface area contributed by atoms with Crippen LogP contribution in [-0.4, -0.2) is 21.6 Å².